The number of carbonyl (C=O) groups excluding carboxylic acids is 1. The highest BCUT2D eigenvalue weighted by Gasteiger charge is 2.36. The summed E-state index contributed by atoms with van der Waals surface area (Å²) in [7, 11) is 0. The van der Waals surface area contributed by atoms with E-state index in [1.54, 1.807) is 18.0 Å². The van der Waals surface area contributed by atoms with E-state index in [9.17, 15) is 10.1 Å². The van der Waals surface area contributed by atoms with Crippen molar-refractivity contribution >= 4 is 5.91 Å². The van der Waals surface area contributed by atoms with Crippen LogP contribution in [0.5, 0.6) is 0 Å². The number of oxazole rings is 1. The first-order valence-corrected chi connectivity index (χ1v) is 7.31. The first kappa shape index (κ1) is 14.3. The van der Waals surface area contributed by atoms with Crippen LogP contribution in [0.3, 0.4) is 0 Å². The number of hydrogen-bond donors (Lipinski definition) is 0. The van der Waals surface area contributed by atoms with Crippen LogP contribution in [0.15, 0.2) is 40.9 Å². The Balaban J connectivity index is 1.71. The van der Waals surface area contributed by atoms with E-state index in [2.05, 4.69) is 11.1 Å². The van der Waals surface area contributed by atoms with Crippen molar-refractivity contribution in [2.75, 3.05) is 13.1 Å². The average Bonchev–Trinajstić information content (AvgIpc) is 3.14. The first-order valence-electron chi connectivity index (χ1n) is 7.31. The van der Waals surface area contributed by atoms with Gasteiger partial charge in [-0.2, -0.15) is 5.26 Å². The zero-order valence-corrected chi connectivity index (χ0v) is 12.4. The number of nitrogens with zero attached hydrogens (tertiary/aromatic N) is 3. The van der Waals surface area contributed by atoms with E-state index < -0.39 is 0 Å². The van der Waals surface area contributed by atoms with E-state index in [4.69, 9.17) is 4.42 Å². The lowest BCUT2D eigenvalue weighted by Crippen LogP contribution is -2.30. The number of aromatic nitrogens is 1. The quantitative estimate of drug-likeness (QED) is 0.871. The fourth-order valence-electron chi connectivity index (χ4n) is 2.92. The number of amides is 1. The van der Waals surface area contributed by atoms with E-state index in [-0.39, 0.29) is 24.2 Å². The van der Waals surface area contributed by atoms with Gasteiger partial charge < -0.3 is 9.32 Å². The smallest absolute Gasteiger partial charge is 0.230 e. The van der Waals surface area contributed by atoms with Gasteiger partial charge in [-0.3, -0.25) is 4.79 Å². The highest BCUT2D eigenvalue weighted by Crippen LogP contribution is 2.32. The molecule has 0 spiro atoms. The number of likely N-dealkylation sites (tertiary alicyclic amines) is 1. The number of aryl methyl sites for hydroxylation is 1. The number of carbonyl (C=O) groups is 1. The summed E-state index contributed by atoms with van der Waals surface area (Å²) < 4.78 is 5.35. The van der Waals surface area contributed by atoms with Crippen LogP contribution in [-0.4, -0.2) is 28.9 Å². The highest BCUT2D eigenvalue weighted by atomic mass is 16.4. The molecule has 0 saturated carbocycles. The Labute approximate surface area is 129 Å². The topological polar surface area (TPSA) is 70.1 Å². The molecule has 0 aliphatic carbocycles. The Morgan fingerprint density at radius 3 is 2.82 bits per heavy atom. The molecule has 0 unspecified atom stereocenters. The fraction of sp³-hybridized carbons (Fsp3) is 0.353. The molecular formula is C17H17N3O2. The maximum Gasteiger partial charge on any atom is 0.230 e. The lowest BCUT2D eigenvalue weighted by molar-refractivity contribution is -0.129. The first-order chi connectivity index (χ1) is 10.7. The minimum atomic E-state index is -0.164. The minimum absolute atomic E-state index is 0.0187. The molecule has 1 amide bonds. The third-order valence-electron chi connectivity index (χ3n) is 4.06. The Hall–Kier alpha value is -2.61. The molecule has 1 aliphatic rings. The summed E-state index contributed by atoms with van der Waals surface area (Å²) in [6, 6.07) is 12.2. The van der Waals surface area contributed by atoms with Crippen LogP contribution >= 0.6 is 0 Å². The van der Waals surface area contributed by atoms with Gasteiger partial charge in [0.15, 0.2) is 5.89 Å². The van der Waals surface area contributed by atoms with Crippen LogP contribution in [0.25, 0.3) is 0 Å². The lowest BCUT2D eigenvalue weighted by Gasteiger charge is -2.15. The second-order valence-corrected chi connectivity index (χ2v) is 5.57. The Kier molecular flexibility index (Phi) is 3.92. The van der Waals surface area contributed by atoms with Crippen LogP contribution in [0.1, 0.15) is 23.1 Å². The second-order valence-electron chi connectivity index (χ2n) is 5.57. The molecule has 3 rings (SSSR count). The van der Waals surface area contributed by atoms with Gasteiger partial charge in [0.1, 0.15) is 5.76 Å². The summed E-state index contributed by atoms with van der Waals surface area (Å²) in [5.74, 6) is 1.02. The van der Waals surface area contributed by atoms with E-state index in [1.807, 2.05) is 30.3 Å². The van der Waals surface area contributed by atoms with Gasteiger partial charge in [-0.15, -0.1) is 0 Å². The van der Waals surface area contributed by atoms with Gasteiger partial charge in [0, 0.05) is 25.9 Å². The number of nitriles is 1. The van der Waals surface area contributed by atoms with Gasteiger partial charge in [0.25, 0.3) is 0 Å². The molecule has 1 aromatic carbocycles. The zero-order valence-electron chi connectivity index (χ0n) is 12.4. The molecule has 0 radical (unpaired) electrons. The predicted molar refractivity (Wildman–Crippen MR) is 79.8 cm³/mol. The van der Waals surface area contributed by atoms with Gasteiger partial charge in [-0.05, 0) is 5.56 Å². The molecule has 0 bridgehead atoms. The maximum absolute atomic E-state index is 12.4. The van der Waals surface area contributed by atoms with E-state index in [1.165, 1.54) is 0 Å². The maximum atomic E-state index is 12.4. The van der Waals surface area contributed by atoms with Crippen LogP contribution in [-0.2, 0) is 11.2 Å². The Morgan fingerprint density at radius 1 is 1.41 bits per heavy atom. The molecule has 1 aromatic heterocycles. The van der Waals surface area contributed by atoms with Crippen LogP contribution in [0.2, 0.25) is 0 Å². The molecule has 5 heteroatoms. The zero-order chi connectivity index (χ0) is 15.5. The molecule has 2 aromatic rings. The van der Waals surface area contributed by atoms with Crippen molar-refractivity contribution in [1.82, 2.24) is 9.88 Å². The van der Waals surface area contributed by atoms with Gasteiger partial charge in [0.05, 0.1) is 24.6 Å². The largest absolute Gasteiger partial charge is 0.446 e. The molecule has 2 atom stereocenters. The summed E-state index contributed by atoms with van der Waals surface area (Å²) in [6.07, 6.45) is 1.78. The molecule has 1 aliphatic heterocycles. The second kappa shape index (κ2) is 6.02. The SMILES string of the molecule is Cc1ncc(CC(=O)N2C[C@@H](C#N)[C@H](c3ccccc3)C2)o1. The minimum Gasteiger partial charge on any atom is -0.446 e. The number of hydrogen-bond acceptors (Lipinski definition) is 4. The van der Waals surface area contributed by atoms with Crippen molar-refractivity contribution in [1.29, 1.82) is 5.26 Å². The van der Waals surface area contributed by atoms with Crippen LogP contribution < -0.4 is 0 Å². The van der Waals surface area contributed by atoms with Crippen LogP contribution in [0, 0.1) is 24.2 Å². The molecule has 5 nitrogen and oxygen atoms in total. The van der Waals surface area contributed by atoms with Crippen LogP contribution in [0.4, 0.5) is 0 Å². The standard InChI is InChI=1S/C17H17N3O2/c1-12-19-9-15(22-12)7-17(21)20-10-14(8-18)16(11-20)13-5-3-2-4-6-13/h2-6,9,14,16H,7,10-11H2,1H3/t14-,16+/m1/s1. The van der Waals surface area contributed by atoms with Gasteiger partial charge in [0.2, 0.25) is 5.91 Å². The van der Waals surface area contributed by atoms with Crippen molar-refractivity contribution in [3.05, 3.63) is 53.7 Å². The number of benzene rings is 1. The van der Waals surface area contributed by atoms with Gasteiger partial charge in [-0.1, -0.05) is 30.3 Å². The summed E-state index contributed by atoms with van der Waals surface area (Å²) in [5, 5.41) is 9.37. The normalized spacial score (nSPS) is 20.8. The van der Waals surface area contributed by atoms with Crippen molar-refractivity contribution < 1.29 is 9.21 Å². The molecule has 22 heavy (non-hydrogen) atoms. The average molecular weight is 295 g/mol. The lowest BCUT2D eigenvalue weighted by atomic mass is 9.90. The Morgan fingerprint density at radius 2 is 2.18 bits per heavy atom. The monoisotopic (exact) mass is 295 g/mol. The highest BCUT2D eigenvalue weighted by molar-refractivity contribution is 5.78. The summed E-state index contributed by atoms with van der Waals surface area (Å²) in [6.45, 7) is 2.80. The predicted octanol–water partition coefficient (Wildman–Crippen LogP) is 2.29. The third-order valence-corrected chi connectivity index (χ3v) is 4.06. The van der Waals surface area contributed by atoms with E-state index in [0.29, 0.717) is 24.7 Å². The van der Waals surface area contributed by atoms with Gasteiger partial charge in [-0.25, -0.2) is 4.98 Å². The van der Waals surface area contributed by atoms with Crippen molar-refractivity contribution in [2.24, 2.45) is 5.92 Å². The summed E-state index contributed by atoms with van der Waals surface area (Å²) in [5.41, 5.74) is 1.11. The fourth-order valence-corrected chi connectivity index (χ4v) is 2.92. The Bertz CT molecular complexity index is 702. The number of rotatable bonds is 3. The summed E-state index contributed by atoms with van der Waals surface area (Å²) >= 11 is 0. The molecular weight excluding hydrogens is 278 g/mol. The van der Waals surface area contributed by atoms with Crippen molar-refractivity contribution in [2.45, 2.75) is 19.3 Å². The summed E-state index contributed by atoms with van der Waals surface area (Å²) in [4.78, 5) is 18.1. The van der Waals surface area contributed by atoms with Gasteiger partial charge >= 0.3 is 0 Å². The third kappa shape index (κ3) is 2.86. The molecule has 1 fully saturated rings. The van der Waals surface area contributed by atoms with E-state index in [0.717, 1.165) is 5.56 Å². The molecule has 112 valence electrons. The van der Waals surface area contributed by atoms with Crippen molar-refractivity contribution in [3.63, 3.8) is 0 Å². The molecule has 0 N–H and O–H groups in total. The molecule has 2 heterocycles. The molecule has 1 saturated heterocycles. The van der Waals surface area contributed by atoms with E-state index >= 15 is 0 Å². The van der Waals surface area contributed by atoms with Crippen molar-refractivity contribution in [3.8, 4) is 6.07 Å².